The lowest BCUT2D eigenvalue weighted by Gasteiger charge is -2.45. The minimum absolute atomic E-state index is 0.0200. The number of aliphatic hydroxyl groups excluding tert-OH is 1. The summed E-state index contributed by atoms with van der Waals surface area (Å²) in [5.74, 6) is 0. The van der Waals surface area contributed by atoms with Crippen molar-refractivity contribution in [1.29, 1.82) is 0 Å². The van der Waals surface area contributed by atoms with E-state index in [4.69, 9.17) is 18.6 Å². The number of hydrogen-bond acceptors (Lipinski definition) is 5. The first-order chi connectivity index (χ1) is 19.6. The molecular weight excluding hydrogens is 528 g/mol. The summed E-state index contributed by atoms with van der Waals surface area (Å²) in [6, 6.07) is 30.3. The van der Waals surface area contributed by atoms with Crippen LogP contribution in [0.4, 0.5) is 0 Å². The normalized spacial score (nSPS) is 24.4. The molecule has 4 rings (SSSR count). The predicted molar refractivity (Wildman–Crippen MR) is 167 cm³/mol. The molecule has 0 saturated carbocycles. The van der Waals surface area contributed by atoms with E-state index in [1.807, 2.05) is 91.0 Å². The summed E-state index contributed by atoms with van der Waals surface area (Å²) in [4.78, 5) is 0. The Morgan fingerprint density at radius 2 is 1.07 bits per heavy atom. The molecule has 0 fully saturated rings. The molecule has 1 aliphatic rings. The summed E-state index contributed by atoms with van der Waals surface area (Å²) in [6.07, 6.45) is 1.58. The fourth-order valence-corrected chi connectivity index (χ4v) is 6.09. The van der Waals surface area contributed by atoms with Crippen LogP contribution in [0.2, 0.25) is 18.1 Å². The number of aliphatic hydroxyl groups is 1. The lowest BCUT2D eigenvalue weighted by Crippen LogP contribution is -2.56. The Morgan fingerprint density at radius 3 is 1.51 bits per heavy atom. The Balaban J connectivity index is 1.70. The number of benzene rings is 3. The summed E-state index contributed by atoms with van der Waals surface area (Å²) in [5.41, 5.74) is 3.15. The molecule has 0 unspecified atom stereocenters. The van der Waals surface area contributed by atoms with Crippen molar-refractivity contribution in [2.24, 2.45) is 0 Å². The molecule has 3 aromatic carbocycles. The van der Waals surface area contributed by atoms with Gasteiger partial charge in [0.25, 0.3) is 0 Å². The maximum Gasteiger partial charge on any atom is 0.192 e. The Kier molecular flexibility index (Phi) is 11.1. The van der Waals surface area contributed by atoms with Crippen molar-refractivity contribution >= 4 is 8.32 Å². The maximum atomic E-state index is 11.4. The second-order valence-corrected chi connectivity index (χ2v) is 17.1. The summed E-state index contributed by atoms with van der Waals surface area (Å²) in [6.45, 7) is 12.4. The smallest absolute Gasteiger partial charge is 0.192 e. The lowest BCUT2D eigenvalue weighted by atomic mass is 9.93. The third-order valence-corrected chi connectivity index (χ3v) is 12.7. The highest BCUT2D eigenvalue weighted by molar-refractivity contribution is 6.74. The molecule has 6 heteroatoms. The Labute approximate surface area is 247 Å². The van der Waals surface area contributed by atoms with Gasteiger partial charge in [-0.1, -0.05) is 124 Å². The Bertz CT molecular complexity index is 1190. The topological polar surface area (TPSA) is 57.2 Å². The zero-order valence-corrected chi connectivity index (χ0v) is 26.1. The molecule has 0 radical (unpaired) electrons. The van der Waals surface area contributed by atoms with Gasteiger partial charge in [0.05, 0.1) is 25.9 Å². The minimum atomic E-state index is -2.18. The molecule has 220 valence electrons. The highest BCUT2D eigenvalue weighted by atomic mass is 28.4. The van der Waals surface area contributed by atoms with Crippen molar-refractivity contribution in [3.63, 3.8) is 0 Å². The van der Waals surface area contributed by atoms with Gasteiger partial charge in [-0.3, -0.25) is 0 Å². The van der Waals surface area contributed by atoms with Crippen LogP contribution in [-0.2, 0) is 38.5 Å². The van der Waals surface area contributed by atoms with Gasteiger partial charge in [0.2, 0.25) is 0 Å². The first kappa shape index (κ1) is 31.4. The van der Waals surface area contributed by atoms with E-state index in [1.54, 1.807) is 0 Å². The molecule has 0 aliphatic heterocycles. The summed E-state index contributed by atoms with van der Waals surface area (Å²) < 4.78 is 27.0. The first-order valence-corrected chi connectivity index (χ1v) is 17.5. The van der Waals surface area contributed by atoms with Crippen molar-refractivity contribution in [2.45, 2.75) is 95.7 Å². The molecule has 0 spiro atoms. The third kappa shape index (κ3) is 8.95. The van der Waals surface area contributed by atoms with Crippen LogP contribution in [-0.4, -0.2) is 43.9 Å². The lowest BCUT2D eigenvalue weighted by molar-refractivity contribution is -0.194. The monoisotopic (exact) mass is 574 g/mol. The van der Waals surface area contributed by atoms with Gasteiger partial charge in [0.1, 0.15) is 24.4 Å². The number of hydrogen-bond donors (Lipinski definition) is 1. The van der Waals surface area contributed by atoms with Gasteiger partial charge in [-0.2, -0.15) is 0 Å². The van der Waals surface area contributed by atoms with Crippen LogP contribution in [0.3, 0.4) is 0 Å². The van der Waals surface area contributed by atoms with E-state index in [9.17, 15) is 5.11 Å². The Hall–Kier alpha value is -2.58. The first-order valence-electron chi connectivity index (χ1n) is 14.6. The van der Waals surface area contributed by atoms with Gasteiger partial charge in [0, 0.05) is 0 Å². The number of ether oxygens (including phenoxy) is 3. The molecule has 0 aromatic heterocycles. The fourth-order valence-electron chi connectivity index (χ4n) is 4.74. The number of rotatable bonds is 11. The molecule has 1 aliphatic carbocycles. The largest absolute Gasteiger partial charge is 0.411 e. The summed E-state index contributed by atoms with van der Waals surface area (Å²) in [5, 5.41) is 11.4. The predicted octanol–water partition coefficient (Wildman–Crippen LogP) is 7.45. The zero-order chi connectivity index (χ0) is 29.3. The van der Waals surface area contributed by atoms with Crippen molar-refractivity contribution in [2.75, 3.05) is 0 Å². The zero-order valence-electron chi connectivity index (χ0n) is 25.1. The molecule has 0 saturated heterocycles. The molecule has 3 aromatic rings. The van der Waals surface area contributed by atoms with Crippen LogP contribution in [0.5, 0.6) is 0 Å². The van der Waals surface area contributed by atoms with Crippen LogP contribution < -0.4 is 0 Å². The fraction of sp³-hybridized carbons (Fsp3) is 0.429. The molecule has 0 amide bonds. The van der Waals surface area contributed by atoms with Crippen LogP contribution in [0.15, 0.2) is 103 Å². The summed E-state index contributed by atoms with van der Waals surface area (Å²) >= 11 is 0. The highest BCUT2D eigenvalue weighted by Gasteiger charge is 2.46. The molecule has 1 N–H and O–H groups in total. The molecule has 0 heterocycles. The van der Waals surface area contributed by atoms with Gasteiger partial charge in [0.15, 0.2) is 8.32 Å². The average molecular weight is 575 g/mol. The van der Waals surface area contributed by atoms with E-state index in [0.717, 1.165) is 16.7 Å². The highest BCUT2D eigenvalue weighted by Crippen LogP contribution is 2.39. The van der Waals surface area contributed by atoms with Crippen LogP contribution in [0.1, 0.15) is 43.9 Å². The van der Waals surface area contributed by atoms with Crippen LogP contribution in [0, 0.1) is 0 Å². The van der Waals surface area contributed by atoms with Gasteiger partial charge in [-0.05, 0) is 41.2 Å². The Morgan fingerprint density at radius 1 is 0.659 bits per heavy atom. The van der Waals surface area contributed by atoms with Crippen molar-refractivity contribution in [1.82, 2.24) is 0 Å². The molecule has 41 heavy (non-hydrogen) atoms. The van der Waals surface area contributed by atoms with Crippen LogP contribution >= 0.6 is 0 Å². The average Bonchev–Trinajstić information content (AvgIpc) is 2.95. The summed E-state index contributed by atoms with van der Waals surface area (Å²) in [7, 11) is -2.18. The van der Waals surface area contributed by atoms with Gasteiger partial charge < -0.3 is 23.7 Å². The second-order valence-electron chi connectivity index (χ2n) is 12.4. The van der Waals surface area contributed by atoms with Crippen molar-refractivity contribution < 1.29 is 23.7 Å². The van der Waals surface area contributed by atoms with Crippen molar-refractivity contribution in [3.8, 4) is 0 Å². The third-order valence-electron chi connectivity index (χ3n) is 8.16. The van der Waals surface area contributed by atoms with E-state index in [1.165, 1.54) is 0 Å². The SMILES string of the molecule is CC(C)(C)[Si](C)(C)O[C@H]1C/C=C\[C@@H](O)[C@H](OCc2ccccc2)[C@@H](OCc2ccccc2)[C@@H]1OCc1ccccc1. The van der Waals surface area contributed by atoms with Gasteiger partial charge in [-0.15, -0.1) is 0 Å². The van der Waals surface area contributed by atoms with E-state index in [0.29, 0.717) is 26.2 Å². The van der Waals surface area contributed by atoms with Crippen LogP contribution in [0.25, 0.3) is 0 Å². The quantitative estimate of drug-likeness (QED) is 0.190. The van der Waals surface area contributed by atoms with E-state index < -0.39 is 32.7 Å². The van der Waals surface area contributed by atoms with Gasteiger partial charge >= 0.3 is 0 Å². The minimum Gasteiger partial charge on any atom is -0.411 e. The standard InChI is InChI=1S/C35H46O5Si/c1-35(2,3)41(4,5)40-31-23-15-22-30(36)32(37-24-27-16-9-6-10-17-27)34(39-26-29-20-13-8-14-21-29)33(31)38-25-28-18-11-7-12-19-28/h6-22,30-34,36H,23-26H2,1-5H3/b22-15-/t30-,31+,32+,33-,34-/m1/s1. The maximum absolute atomic E-state index is 11.4. The molecule has 5 atom stereocenters. The molecule has 0 bridgehead atoms. The second kappa shape index (κ2) is 14.5. The van der Waals surface area contributed by atoms with Gasteiger partial charge in [-0.25, -0.2) is 0 Å². The van der Waals surface area contributed by atoms with E-state index in [-0.39, 0.29) is 11.1 Å². The van der Waals surface area contributed by atoms with Crippen molar-refractivity contribution in [3.05, 3.63) is 120 Å². The van der Waals surface area contributed by atoms with E-state index in [2.05, 4.69) is 46.0 Å². The molecule has 5 nitrogen and oxygen atoms in total. The molecular formula is C35H46O5Si. The van der Waals surface area contributed by atoms with E-state index >= 15 is 0 Å².